The number of pyridine rings is 1. The Morgan fingerprint density at radius 2 is 1.78 bits per heavy atom. The molecule has 5 aromatic rings. The summed E-state index contributed by atoms with van der Waals surface area (Å²) in [5.41, 5.74) is -1.55. The number of aromatic nitrogens is 6. The first-order valence-electron chi connectivity index (χ1n) is 12.6. The molecule has 0 saturated carbocycles. The van der Waals surface area contributed by atoms with Crippen LogP contribution in [0.2, 0.25) is 5.02 Å². The standard InChI is InChI=1S/C27H23ClF3N7O3/c1-2-3-7-36-13-17-10-22(18(28)11-21(17)35-36)33-25-34-26(40)38(14-16-5-4-6-32-24(16)39)27(41)37(25)12-15-8-19(29)23(31)20(30)9-15/h4-6,8-11,13H,2-3,7,12,14H2,1H3,(H,32,39)(H,33,34,40). The molecule has 0 unspecified atom stereocenters. The zero-order valence-electron chi connectivity index (χ0n) is 21.6. The van der Waals surface area contributed by atoms with Crippen molar-refractivity contribution in [3.05, 3.63) is 114 Å². The molecular formula is C27H23ClF3N7O3. The van der Waals surface area contributed by atoms with Gasteiger partial charge in [-0.3, -0.25) is 14.0 Å². The van der Waals surface area contributed by atoms with Crippen molar-refractivity contribution in [1.29, 1.82) is 0 Å². The SMILES string of the molecule is CCCCn1cc2cc(Nc3nc(=O)n(Cc4ccc[nH]c4=O)c(=O)n3Cc3cc(F)c(F)c(F)c3)c(Cl)cc2n1. The molecule has 2 aromatic carbocycles. The van der Waals surface area contributed by atoms with Crippen LogP contribution in [-0.4, -0.2) is 28.9 Å². The minimum Gasteiger partial charge on any atom is -0.329 e. The average Bonchev–Trinajstić information content (AvgIpc) is 3.33. The third kappa shape index (κ3) is 5.80. The van der Waals surface area contributed by atoms with E-state index in [9.17, 15) is 27.6 Å². The van der Waals surface area contributed by atoms with E-state index < -0.39 is 47.5 Å². The van der Waals surface area contributed by atoms with E-state index in [4.69, 9.17) is 11.6 Å². The number of benzene rings is 2. The molecule has 0 amide bonds. The van der Waals surface area contributed by atoms with Gasteiger partial charge in [-0.05, 0) is 42.3 Å². The molecule has 0 fully saturated rings. The fraction of sp³-hybridized carbons (Fsp3) is 0.222. The second-order valence-corrected chi connectivity index (χ2v) is 9.74. The van der Waals surface area contributed by atoms with Crippen molar-refractivity contribution in [2.24, 2.45) is 0 Å². The molecule has 212 valence electrons. The van der Waals surface area contributed by atoms with Crippen LogP contribution in [0.3, 0.4) is 0 Å². The first-order chi connectivity index (χ1) is 19.6. The lowest BCUT2D eigenvalue weighted by Gasteiger charge is -2.16. The van der Waals surface area contributed by atoms with Crippen LogP contribution in [0.15, 0.2) is 63.2 Å². The van der Waals surface area contributed by atoms with E-state index in [0.717, 1.165) is 34.9 Å². The summed E-state index contributed by atoms with van der Waals surface area (Å²) in [5, 5.41) is 8.29. The summed E-state index contributed by atoms with van der Waals surface area (Å²) in [5.74, 6) is -4.85. The Morgan fingerprint density at radius 1 is 1.02 bits per heavy atom. The predicted octanol–water partition coefficient (Wildman–Crippen LogP) is 4.15. The number of aromatic amines is 1. The Bertz CT molecular complexity index is 1920. The number of nitrogens with zero attached hydrogens (tertiary/aromatic N) is 5. The van der Waals surface area contributed by atoms with Gasteiger partial charge in [-0.15, -0.1) is 0 Å². The number of aryl methyl sites for hydroxylation is 1. The van der Waals surface area contributed by atoms with Crippen molar-refractivity contribution < 1.29 is 13.2 Å². The Morgan fingerprint density at radius 3 is 2.49 bits per heavy atom. The topological polar surface area (TPSA) is 120 Å². The monoisotopic (exact) mass is 585 g/mol. The molecule has 3 heterocycles. The maximum atomic E-state index is 14.0. The highest BCUT2D eigenvalue weighted by atomic mass is 35.5. The normalized spacial score (nSPS) is 11.3. The van der Waals surface area contributed by atoms with Crippen LogP contribution in [0.25, 0.3) is 10.9 Å². The third-order valence-corrected chi connectivity index (χ3v) is 6.70. The average molecular weight is 586 g/mol. The molecule has 0 aliphatic carbocycles. The number of halogens is 4. The summed E-state index contributed by atoms with van der Waals surface area (Å²) in [6, 6.07) is 7.69. The number of nitrogens with one attached hydrogen (secondary N) is 2. The summed E-state index contributed by atoms with van der Waals surface area (Å²) >= 11 is 6.48. The Kier molecular flexibility index (Phi) is 7.79. The van der Waals surface area contributed by atoms with E-state index in [0.29, 0.717) is 16.6 Å². The van der Waals surface area contributed by atoms with Crippen molar-refractivity contribution in [3.8, 4) is 0 Å². The van der Waals surface area contributed by atoms with E-state index in [1.165, 1.54) is 18.3 Å². The molecule has 41 heavy (non-hydrogen) atoms. The molecule has 3 aromatic heterocycles. The van der Waals surface area contributed by atoms with Gasteiger partial charge in [0.25, 0.3) is 5.56 Å². The van der Waals surface area contributed by atoms with Crippen molar-refractivity contribution in [1.82, 2.24) is 28.9 Å². The summed E-state index contributed by atoms with van der Waals surface area (Å²) in [6.07, 6.45) is 5.13. The smallest absolute Gasteiger partial charge is 0.329 e. The Balaban J connectivity index is 1.61. The Labute approximate surface area is 234 Å². The van der Waals surface area contributed by atoms with Gasteiger partial charge in [0.05, 0.1) is 29.3 Å². The van der Waals surface area contributed by atoms with Gasteiger partial charge < -0.3 is 10.3 Å². The summed E-state index contributed by atoms with van der Waals surface area (Å²) in [7, 11) is 0. The zero-order valence-corrected chi connectivity index (χ0v) is 22.4. The van der Waals surface area contributed by atoms with E-state index in [1.54, 1.807) is 16.8 Å². The first kappa shape index (κ1) is 27.9. The van der Waals surface area contributed by atoms with Gasteiger partial charge in [0, 0.05) is 29.9 Å². The van der Waals surface area contributed by atoms with Gasteiger partial charge in [-0.2, -0.15) is 10.1 Å². The van der Waals surface area contributed by atoms with Gasteiger partial charge in [0.1, 0.15) is 0 Å². The van der Waals surface area contributed by atoms with Gasteiger partial charge in [0.15, 0.2) is 17.5 Å². The predicted molar refractivity (Wildman–Crippen MR) is 147 cm³/mol. The maximum Gasteiger partial charge on any atom is 0.355 e. The van der Waals surface area contributed by atoms with E-state index in [-0.39, 0.29) is 27.8 Å². The van der Waals surface area contributed by atoms with E-state index in [1.807, 2.05) is 6.20 Å². The second-order valence-electron chi connectivity index (χ2n) is 9.33. The molecule has 0 aliphatic heterocycles. The molecule has 0 atom stereocenters. The fourth-order valence-corrected chi connectivity index (χ4v) is 4.49. The van der Waals surface area contributed by atoms with E-state index >= 15 is 0 Å². The number of fused-ring (bicyclic) bond motifs is 1. The molecule has 0 bridgehead atoms. The van der Waals surface area contributed by atoms with Crippen LogP contribution in [0, 0.1) is 17.5 Å². The van der Waals surface area contributed by atoms with Crippen LogP contribution in [0.4, 0.5) is 24.8 Å². The minimum absolute atomic E-state index is 0.105. The van der Waals surface area contributed by atoms with Crippen LogP contribution in [0.1, 0.15) is 30.9 Å². The lowest BCUT2D eigenvalue weighted by molar-refractivity contribution is 0.444. The number of H-pyrrole nitrogens is 1. The molecule has 0 saturated heterocycles. The maximum absolute atomic E-state index is 14.0. The fourth-order valence-electron chi connectivity index (χ4n) is 4.28. The quantitative estimate of drug-likeness (QED) is 0.251. The van der Waals surface area contributed by atoms with Crippen LogP contribution >= 0.6 is 11.6 Å². The lowest BCUT2D eigenvalue weighted by Crippen LogP contribution is -2.43. The van der Waals surface area contributed by atoms with E-state index in [2.05, 4.69) is 27.3 Å². The van der Waals surface area contributed by atoms with Crippen LogP contribution in [0.5, 0.6) is 0 Å². The molecular weight excluding hydrogens is 563 g/mol. The molecule has 10 nitrogen and oxygen atoms in total. The first-order valence-corrected chi connectivity index (χ1v) is 13.0. The van der Waals surface area contributed by atoms with Crippen molar-refractivity contribution in [3.63, 3.8) is 0 Å². The van der Waals surface area contributed by atoms with Crippen LogP contribution in [-0.2, 0) is 19.6 Å². The van der Waals surface area contributed by atoms with Crippen molar-refractivity contribution in [2.75, 3.05) is 5.32 Å². The minimum atomic E-state index is -1.66. The summed E-state index contributed by atoms with van der Waals surface area (Å²) < 4.78 is 45.0. The van der Waals surface area contributed by atoms with Gasteiger partial charge >= 0.3 is 11.4 Å². The summed E-state index contributed by atoms with van der Waals surface area (Å²) in [4.78, 5) is 45.2. The Hall–Kier alpha value is -4.65. The molecule has 0 spiro atoms. The third-order valence-electron chi connectivity index (χ3n) is 6.39. The van der Waals surface area contributed by atoms with Gasteiger partial charge in [-0.1, -0.05) is 31.0 Å². The highest BCUT2D eigenvalue weighted by molar-refractivity contribution is 6.34. The zero-order chi connectivity index (χ0) is 29.3. The highest BCUT2D eigenvalue weighted by Crippen LogP contribution is 2.29. The van der Waals surface area contributed by atoms with Gasteiger partial charge in [-0.25, -0.2) is 27.3 Å². The van der Waals surface area contributed by atoms with Gasteiger partial charge in [0.2, 0.25) is 5.95 Å². The van der Waals surface area contributed by atoms with Crippen LogP contribution < -0.4 is 22.3 Å². The summed E-state index contributed by atoms with van der Waals surface area (Å²) in [6.45, 7) is 1.86. The number of anilines is 2. The molecule has 0 radical (unpaired) electrons. The highest BCUT2D eigenvalue weighted by Gasteiger charge is 2.19. The number of unbranched alkanes of at least 4 members (excludes halogenated alkanes) is 1. The van der Waals surface area contributed by atoms with Crippen molar-refractivity contribution >= 4 is 34.1 Å². The molecule has 14 heteroatoms. The largest absolute Gasteiger partial charge is 0.355 e. The van der Waals surface area contributed by atoms with Crippen molar-refractivity contribution in [2.45, 2.75) is 39.4 Å². The second kappa shape index (κ2) is 11.5. The molecule has 2 N–H and O–H groups in total. The lowest BCUT2D eigenvalue weighted by atomic mass is 10.2. The molecule has 0 aliphatic rings. The molecule has 5 rings (SSSR count). The number of hydrogen-bond donors (Lipinski definition) is 2. The number of hydrogen-bond acceptors (Lipinski definition) is 6. The number of rotatable bonds is 9.